The fourth-order valence-corrected chi connectivity index (χ4v) is 4.02. The van der Waals surface area contributed by atoms with Crippen molar-refractivity contribution in [3.8, 4) is 0 Å². The first kappa shape index (κ1) is 20.1. The van der Waals surface area contributed by atoms with E-state index in [0.29, 0.717) is 6.42 Å². The molecule has 0 bridgehead atoms. The van der Waals surface area contributed by atoms with E-state index in [1.807, 2.05) is 0 Å². The number of phosphoric ester groups is 1. The molecule has 0 unspecified atom stereocenters. The fourth-order valence-electron chi connectivity index (χ4n) is 3.32. The fraction of sp³-hybridized carbons (Fsp3) is 0.533. The Kier molecular flexibility index (Phi) is 5.20. The first-order chi connectivity index (χ1) is 11.3. The average Bonchev–Trinajstić information content (AvgIpc) is 2.48. The van der Waals surface area contributed by atoms with E-state index < -0.39 is 36.5 Å². The van der Waals surface area contributed by atoms with E-state index in [2.05, 4.69) is 5.32 Å². The van der Waals surface area contributed by atoms with Crippen LogP contribution in [0.2, 0.25) is 0 Å². The van der Waals surface area contributed by atoms with Gasteiger partial charge in [0.1, 0.15) is 11.1 Å². The highest BCUT2D eigenvalue weighted by Gasteiger charge is 2.54. The van der Waals surface area contributed by atoms with Gasteiger partial charge >= 0.3 is 14.0 Å². The van der Waals surface area contributed by atoms with Gasteiger partial charge in [0.2, 0.25) is 0 Å². The average molecular weight is 381 g/mol. The summed E-state index contributed by atoms with van der Waals surface area (Å²) in [5.41, 5.74) is -3.69. The third kappa shape index (κ3) is 3.96. The lowest BCUT2D eigenvalue weighted by molar-refractivity contribution is -0.147. The number of phosphoric acid groups is 1. The highest BCUT2D eigenvalue weighted by Crippen LogP contribution is 2.49. The third-order valence-electron chi connectivity index (χ3n) is 4.53. The first-order valence-corrected chi connectivity index (χ1v) is 9.05. The van der Waals surface area contributed by atoms with E-state index in [9.17, 15) is 22.5 Å². The van der Waals surface area contributed by atoms with Crippen LogP contribution < -0.4 is 5.32 Å². The number of carbonyl (C=O) groups excluding carboxylic acids is 1. The number of rotatable bonds is 4. The number of nitrogens with one attached hydrogen (secondary N) is 1. The van der Waals surface area contributed by atoms with E-state index in [4.69, 9.17) is 14.3 Å². The van der Waals surface area contributed by atoms with Crippen LogP contribution in [0.25, 0.3) is 0 Å². The van der Waals surface area contributed by atoms with E-state index in [1.54, 1.807) is 0 Å². The number of benzene rings is 1. The Morgan fingerprint density at radius 1 is 1.20 bits per heavy atom. The zero-order valence-corrected chi connectivity index (χ0v) is 14.5. The smallest absolute Gasteiger partial charge is 0.304 e. The Bertz CT molecular complexity index is 702. The molecular formula is C15H19F3NO5P. The molecule has 1 saturated carbocycles. The normalized spacial score (nSPS) is 28.2. The highest BCUT2D eigenvalue weighted by atomic mass is 31.2. The quantitative estimate of drug-likeness (QED) is 0.694. The lowest BCUT2D eigenvalue weighted by Gasteiger charge is -2.44. The Morgan fingerprint density at radius 2 is 1.76 bits per heavy atom. The summed E-state index contributed by atoms with van der Waals surface area (Å²) in [6.07, 6.45) is -3.74. The molecule has 0 spiro atoms. The second-order valence-corrected chi connectivity index (χ2v) is 7.39. The van der Waals surface area contributed by atoms with Crippen LogP contribution in [-0.4, -0.2) is 28.2 Å². The van der Waals surface area contributed by atoms with E-state index in [1.165, 1.54) is 26.1 Å². The van der Waals surface area contributed by atoms with Gasteiger partial charge in [0, 0.05) is 0 Å². The Balaban J connectivity index is 2.45. The van der Waals surface area contributed by atoms with Crippen molar-refractivity contribution in [2.75, 3.05) is 7.05 Å². The molecule has 0 heterocycles. The molecule has 1 fully saturated rings. The van der Waals surface area contributed by atoms with Gasteiger partial charge in [0.25, 0.3) is 0 Å². The van der Waals surface area contributed by atoms with E-state index in [0.717, 1.165) is 12.1 Å². The van der Waals surface area contributed by atoms with Gasteiger partial charge in [-0.15, -0.1) is 0 Å². The van der Waals surface area contributed by atoms with Crippen molar-refractivity contribution in [1.29, 1.82) is 0 Å². The maximum absolute atomic E-state index is 13.0. The first-order valence-electron chi connectivity index (χ1n) is 7.52. The maximum Gasteiger partial charge on any atom is 0.470 e. The summed E-state index contributed by atoms with van der Waals surface area (Å²) in [6, 6.07) is 4.13. The van der Waals surface area contributed by atoms with Crippen molar-refractivity contribution < 1.29 is 36.8 Å². The molecule has 0 aromatic heterocycles. The van der Waals surface area contributed by atoms with Gasteiger partial charge in [0.05, 0.1) is 5.56 Å². The van der Waals surface area contributed by atoms with Crippen LogP contribution in [0, 0.1) is 0 Å². The minimum Gasteiger partial charge on any atom is -0.304 e. The SMILES string of the molecule is CN[C@@]1(c2ccc(C(F)(F)F)cc2)CCC[C@](C)(OP(=O)(O)O)C1=O. The molecular weight excluding hydrogens is 362 g/mol. The lowest BCUT2D eigenvalue weighted by Crippen LogP contribution is -2.59. The Labute approximate surface area is 142 Å². The summed E-state index contributed by atoms with van der Waals surface area (Å²) >= 11 is 0. The highest BCUT2D eigenvalue weighted by molar-refractivity contribution is 7.46. The number of ketones is 1. The van der Waals surface area contributed by atoms with Gasteiger partial charge in [-0.1, -0.05) is 12.1 Å². The number of likely N-dealkylation sites (N-methyl/N-ethyl adjacent to an activating group) is 1. The molecule has 25 heavy (non-hydrogen) atoms. The molecule has 10 heteroatoms. The molecule has 3 N–H and O–H groups in total. The molecule has 0 aliphatic heterocycles. The summed E-state index contributed by atoms with van der Waals surface area (Å²) in [7, 11) is -3.45. The maximum atomic E-state index is 13.0. The van der Waals surface area contributed by atoms with E-state index in [-0.39, 0.29) is 18.4 Å². The van der Waals surface area contributed by atoms with Gasteiger partial charge in [0.15, 0.2) is 5.78 Å². The second kappa shape index (κ2) is 6.48. The Morgan fingerprint density at radius 3 is 2.20 bits per heavy atom. The summed E-state index contributed by atoms with van der Waals surface area (Å²) in [5, 5.41) is 2.82. The number of carbonyl (C=O) groups is 1. The van der Waals surface area contributed by atoms with Crippen LogP contribution in [0.15, 0.2) is 24.3 Å². The van der Waals surface area contributed by atoms with Crippen LogP contribution in [0.1, 0.15) is 37.3 Å². The molecule has 0 amide bonds. The largest absolute Gasteiger partial charge is 0.470 e. The van der Waals surface area contributed by atoms with Gasteiger partial charge in [-0.2, -0.15) is 13.2 Å². The van der Waals surface area contributed by atoms with Crippen molar-refractivity contribution >= 4 is 13.6 Å². The van der Waals surface area contributed by atoms with Crippen molar-refractivity contribution in [3.05, 3.63) is 35.4 Å². The predicted molar refractivity (Wildman–Crippen MR) is 82.6 cm³/mol. The van der Waals surface area contributed by atoms with Gasteiger partial charge in [-0.25, -0.2) is 4.57 Å². The molecule has 140 valence electrons. The predicted octanol–water partition coefficient (Wildman–Crippen LogP) is 2.74. The van der Waals surface area contributed by atoms with Crippen molar-refractivity contribution in [2.24, 2.45) is 0 Å². The zero-order chi connectivity index (χ0) is 19.1. The zero-order valence-electron chi connectivity index (χ0n) is 13.6. The Hall–Kier alpha value is -1.25. The molecule has 0 saturated heterocycles. The monoisotopic (exact) mass is 381 g/mol. The van der Waals surface area contributed by atoms with Gasteiger partial charge < -0.3 is 15.1 Å². The molecule has 1 aromatic carbocycles. The minimum atomic E-state index is -4.92. The number of halogens is 3. The van der Waals surface area contributed by atoms with Gasteiger partial charge in [-0.05, 0) is 50.9 Å². The molecule has 2 rings (SSSR count). The van der Waals surface area contributed by atoms with Crippen LogP contribution in [0.3, 0.4) is 0 Å². The summed E-state index contributed by atoms with van der Waals surface area (Å²) in [5.74, 6) is -0.628. The topological polar surface area (TPSA) is 95.9 Å². The van der Waals surface area contributed by atoms with Crippen molar-refractivity contribution in [2.45, 2.75) is 43.5 Å². The van der Waals surface area contributed by atoms with Crippen LogP contribution >= 0.6 is 7.82 Å². The van der Waals surface area contributed by atoms with Gasteiger partial charge in [-0.3, -0.25) is 9.32 Å². The van der Waals surface area contributed by atoms with Crippen molar-refractivity contribution in [1.82, 2.24) is 5.32 Å². The molecule has 1 aromatic rings. The lowest BCUT2D eigenvalue weighted by atomic mass is 9.69. The number of hydrogen-bond acceptors (Lipinski definition) is 4. The summed E-state index contributed by atoms with van der Waals surface area (Å²) < 4.78 is 54.2. The van der Waals surface area contributed by atoms with Crippen LogP contribution in [-0.2, 0) is 25.6 Å². The minimum absolute atomic E-state index is 0.0982. The van der Waals surface area contributed by atoms with Crippen LogP contribution in [0.4, 0.5) is 13.2 Å². The summed E-state index contributed by atoms with van der Waals surface area (Å²) in [6.45, 7) is 1.28. The van der Waals surface area contributed by atoms with Crippen molar-refractivity contribution in [3.63, 3.8) is 0 Å². The second-order valence-electron chi connectivity index (χ2n) is 6.23. The number of alkyl halides is 3. The molecule has 1 aliphatic carbocycles. The number of Topliss-reactive ketones (excluding diaryl/α,β-unsaturated/α-hetero) is 1. The third-order valence-corrected chi connectivity index (χ3v) is 5.17. The van der Waals surface area contributed by atoms with Crippen LogP contribution in [0.5, 0.6) is 0 Å². The molecule has 0 radical (unpaired) electrons. The number of hydrogen-bond donors (Lipinski definition) is 3. The molecule has 2 atom stereocenters. The molecule has 6 nitrogen and oxygen atoms in total. The molecule has 1 aliphatic rings. The van der Waals surface area contributed by atoms with E-state index >= 15 is 0 Å². The standard InChI is InChI=1S/C15H19F3NO5P/c1-13(24-25(21,22)23)8-3-9-14(19-2,12(13)20)10-4-6-11(7-5-10)15(16,17)18/h4-7,19H,3,8-9H2,1-2H3,(H2,21,22,23)/t13-,14+/m0/s1. The summed E-state index contributed by atoms with van der Waals surface area (Å²) in [4.78, 5) is 31.2.